The van der Waals surface area contributed by atoms with Gasteiger partial charge < -0.3 is 4.74 Å². The number of ether oxygens (including phenoxy) is 1. The van der Waals surface area contributed by atoms with Gasteiger partial charge in [-0.25, -0.2) is 14.8 Å². The second kappa shape index (κ2) is 9.56. The number of carbonyl (C=O) groups excluding carboxylic acids is 2. The van der Waals surface area contributed by atoms with Crippen molar-refractivity contribution in [3.63, 3.8) is 0 Å². The average Bonchev–Trinajstić information content (AvgIpc) is 2.14. The van der Waals surface area contributed by atoms with Crippen LogP contribution in [0.1, 0.15) is 48.0 Å². The molecule has 0 spiro atoms. The van der Waals surface area contributed by atoms with Crippen molar-refractivity contribution in [1.82, 2.24) is 0 Å². The maximum absolute atomic E-state index is 11.0. The van der Waals surface area contributed by atoms with Crippen molar-refractivity contribution in [2.45, 2.75) is 59.1 Å². The largest absolute Gasteiger partial charge is 0.460 e. The number of nitrogens with zero attached hydrogens (tertiary/aromatic N) is 2. The van der Waals surface area contributed by atoms with Gasteiger partial charge in [0.25, 0.3) is 0 Å². The Morgan fingerprint density at radius 3 is 2.00 bits per heavy atom. The van der Waals surface area contributed by atoms with E-state index in [9.17, 15) is 9.59 Å². The summed E-state index contributed by atoms with van der Waals surface area (Å²) in [5.41, 5.74) is -0.666. The van der Waals surface area contributed by atoms with Crippen LogP contribution in [0.4, 0.5) is 0 Å². The maximum Gasteiger partial charge on any atom is 0.308 e. The summed E-state index contributed by atoms with van der Waals surface area (Å²) >= 11 is 4.34. The third-order valence-electron chi connectivity index (χ3n) is 1.29. The minimum absolute atomic E-state index is 0.248. The summed E-state index contributed by atoms with van der Waals surface area (Å²) in [5, 5.41) is 2.19. The average molecular weight is 286 g/mol. The van der Waals surface area contributed by atoms with Crippen LogP contribution in [0.25, 0.3) is 0 Å². The molecule has 0 aromatic rings. The topological polar surface area (TPSA) is 68.1 Å². The molecular weight excluding hydrogens is 264 g/mol. The molecular formula is C13H22N2O3S. The van der Waals surface area contributed by atoms with Gasteiger partial charge in [0.05, 0.1) is 23.7 Å². The van der Waals surface area contributed by atoms with Crippen molar-refractivity contribution in [3.05, 3.63) is 0 Å². The van der Waals surface area contributed by atoms with Crippen molar-refractivity contribution < 1.29 is 14.3 Å². The van der Waals surface area contributed by atoms with Crippen molar-refractivity contribution in [3.8, 4) is 0 Å². The molecule has 0 saturated heterocycles. The van der Waals surface area contributed by atoms with E-state index in [0.29, 0.717) is 6.54 Å². The van der Waals surface area contributed by atoms with Gasteiger partial charge in [0, 0.05) is 0 Å². The summed E-state index contributed by atoms with van der Waals surface area (Å²) < 4.78 is 5.02. The lowest BCUT2D eigenvalue weighted by atomic mass is 10.1. The summed E-state index contributed by atoms with van der Waals surface area (Å²) in [4.78, 5) is 27.6. The van der Waals surface area contributed by atoms with E-state index in [4.69, 9.17) is 4.74 Å². The first-order chi connectivity index (χ1) is 8.52. The van der Waals surface area contributed by atoms with Gasteiger partial charge in [-0.2, -0.15) is 0 Å². The molecule has 0 rings (SSSR count). The predicted molar refractivity (Wildman–Crippen MR) is 78.2 cm³/mol. The van der Waals surface area contributed by atoms with Crippen LogP contribution in [0.3, 0.4) is 0 Å². The Bertz CT molecular complexity index is 368. The van der Waals surface area contributed by atoms with Gasteiger partial charge in [0.2, 0.25) is 6.08 Å². The minimum atomic E-state index is -0.418. The second-order valence-corrected chi connectivity index (χ2v) is 5.87. The molecule has 0 atom stereocenters. The number of thiocarbonyl (C=S) groups is 1. The van der Waals surface area contributed by atoms with Crippen molar-refractivity contribution in [1.29, 1.82) is 0 Å². The summed E-state index contributed by atoms with van der Waals surface area (Å²) in [5.74, 6) is -0.253. The van der Waals surface area contributed by atoms with E-state index in [-0.39, 0.29) is 17.9 Å². The van der Waals surface area contributed by atoms with Crippen LogP contribution in [-0.4, -0.2) is 34.9 Å². The summed E-state index contributed by atoms with van der Waals surface area (Å²) in [7, 11) is 0. The molecule has 5 nitrogen and oxygen atoms in total. The summed E-state index contributed by atoms with van der Waals surface area (Å²) in [6.45, 7) is 11.4. The van der Waals surface area contributed by atoms with Crippen LogP contribution in [0.2, 0.25) is 0 Å². The molecule has 6 heteroatoms. The summed E-state index contributed by atoms with van der Waals surface area (Å²) in [6.07, 6.45) is 1.75. The van der Waals surface area contributed by atoms with Gasteiger partial charge in [-0.15, -0.1) is 0 Å². The van der Waals surface area contributed by atoms with Gasteiger partial charge in [0.1, 0.15) is 5.60 Å². The number of aliphatic imine (C=N–C) groups is 2. The number of rotatable bonds is 3. The minimum Gasteiger partial charge on any atom is -0.460 e. The van der Waals surface area contributed by atoms with Crippen LogP contribution in [0, 0.1) is 0 Å². The number of esters is 1. The Kier molecular flexibility index (Phi) is 10.1. The number of isocyanates is 1. The molecule has 0 bridgehead atoms. The van der Waals surface area contributed by atoms with E-state index >= 15 is 0 Å². The van der Waals surface area contributed by atoms with Gasteiger partial charge in [0.15, 0.2) is 0 Å². The molecule has 0 amide bonds. The quantitative estimate of drug-likeness (QED) is 0.346. The third kappa shape index (κ3) is 22.3. The Hall–Kier alpha value is -1.35. The standard InChI is InChI=1S/C8H13NO2S.C5H9NO/c1-8(2,3)11-7(10)4-5-9-6-12;1-5(2,3)6-4-7/h4-5H2,1-3H3;1-3H3. The van der Waals surface area contributed by atoms with E-state index in [1.54, 1.807) is 0 Å². The van der Waals surface area contributed by atoms with Gasteiger partial charge in [-0.05, 0) is 53.8 Å². The smallest absolute Gasteiger partial charge is 0.308 e. The van der Waals surface area contributed by atoms with Gasteiger partial charge >= 0.3 is 5.97 Å². The van der Waals surface area contributed by atoms with Crippen molar-refractivity contribution in [2.24, 2.45) is 9.98 Å². The van der Waals surface area contributed by atoms with Gasteiger partial charge in [-0.1, -0.05) is 0 Å². The fourth-order valence-electron chi connectivity index (χ4n) is 0.722. The van der Waals surface area contributed by atoms with E-state index in [1.807, 2.05) is 41.5 Å². The Morgan fingerprint density at radius 2 is 1.74 bits per heavy atom. The molecule has 0 unspecified atom stereocenters. The molecule has 0 aromatic heterocycles. The molecule has 0 heterocycles. The van der Waals surface area contributed by atoms with E-state index in [1.165, 1.54) is 6.08 Å². The molecule has 19 heavy (non-hydrogen) atoms. The Balaban J connectivity index is 0. The van der Waals surface area contributed by atoms with E-state index in [0.717, 1.165) is 0 Å². The second-order valence-electron chi connectivity index (χ2n) is 5.68. The molecule has 108 valence electrons. The fraction of sp³-hybridized carbons (Fsp3) is 0.769. The normalized spacial score (nSPS) is 10.2. The number of carbonyl (C=O) groups is 1. The monoisotopic (exact) mass is 286 g/mol. The first kappa shape index (κ1) is 20.0. The molecule has 0 radical (unpaired) electrons. The molecule has 0 fully saturated rings. The number of hydrogen-bond acceptors (Lipinski definition) is 6. The lowest BCUT2D eigenvalue weighted by Crippen LogP contribution is -2.24. The SMILES string of the molecule is CC(C)(C)N=C=O.CC(C)(C)OC(=O)CCN=C=S. The van der Waals surface area contributed by atoms with Crippen molar-refractivity contribution in [2.75, 3.05) is 6.54 Å². The first-order valence-electron chi connectivity index (χ1n) is 5.86. The van der Waals surface area contributed by atoms with Crippen LogP contribution in [0.15, 0.2) is 9.98 Å². The number of isothiocyanates is 1. The lowest BCUT2D eigenvalue weighted by molar-refractivity contribution is -0.154. The molecule has 0 aliphatic heterocycles. The Labute approximate surface area is 120 Å². The van der Waals surface area contributed by atoms with Crippen molar-refractivity contribution >= 4 is 29.4 Å². The molecule has 0 aromatic carbocycles. The highest BCUT2D eigenvalue weighted by atomic mass is 32.1. The van der Waals surface area contributed by atoms with E-state index in [2.05, 4.69) is 27.4 Å². The lowest BCUT2D eigenvalue weighted by Gasteiger charge is -2.18. The highest BCUT2D eigenvalue weighted by molar-refractivity contribution is 7.78. The summed E-state index contributed by atoms with van der Waals surface area (Å²) in [6, 6.07) is 0. The zero-order valence-electron chi connectivity index (χ0n) is 12.4. The first-order valence-corrected chi connectivity index (χ1v) is 6.27. The van der Waals surface area contributed by atoms with Crippen LogP contribution in [-0.2, 0) is 14.3 Å². The predicted octanol–water partition coefficient (Wildman–Crippen LogP) is 2.94. The zero-order valence-corrected chi connectivity index (χ0v) is 13.3. The number of hydrogen-bond donors (Lipinski definition) is 0. The highest BCUT2D eigenvalue weighted by Gasteiger charge is 2.15. The Morgan fingerprint density at radius 1 is 1.21 bits per heavy atom. The molecule has 0 N–H and O–H groups in total. The van der Waals surface area contributed by atoms with E-state index < -0.39 is 5.60 Å². The zero-order chi connectivity index (χ0) is 15.5. The maximum atomic E-state index is 11.0. The third-order valence-corrected chi connectivity index (χ3v) is 1.42. The molecule has 0 aliphatic rings. The highest BCUT2D eigenvalue weighted by Crippen LogP contribution is 2.07. The van der Waals surface area contributed by atoms with Crippen LogP contribution in [0.5, 0.6) is 0 Å². The fourth-order valence-corrected chi connectivity index (χ4v) is 0.814. The van der Waals surface area contributed by atoms with Crippen LogP contribution < -0.4 is 0 Å². The van der Waals surface area contributed by atoms with Gasteiger partial charge in [-0.3, -0.25) is 4.79 Å². The molecule has 0 aliphatic carbocycles. The molecule has 0 saturated carbocycles. The van der Waals surface area contributed by atoms with Crippen LogP contribution >= 0.6 is 12.2 Å².